The number of aromatic carboxylic acids is 1. The second-order valence-corrected chi connectivity index (χ2v) is 8.46. The smallest absolute Gasteiger partial charge is 0.335 e. The van der Waals surface area contributed by atoms with Crippen LogP contribution in [0.4, 0.5) is 0 Å². The number of ether oxygens (including phenoxy) is 1. The molecule has 0 amide bonds. The summed E-state index contributed by atoms with van der Waals surface area (Å²) in [4.78, 5) is 11.0. The Bertz CT molecular complexity index is 688. The van der Waals surface area contributed by atoms with E-state index < -0.39 is 16.0 Å². The van der Waals surface area contributed by atoms with Gasteiger partial charge in [-0.1, -0.05) is 6.42 Å². The van der Waals surface area contributed by atoms with Gasteiger partial charge in [-0.2, -0.15) is 4.31 Å². The molecule has 0 bridgehead atoms. The number of hydrogen-bond acceptors (Lipinski definition) is 4. The normalized spacial score (nSPS) is 21.4. The summed E-state index contributed by atoms with van der Waals surface area (Å²) in [5.74, 6) is -0.523. The third-order valence-corrected chi connectivity index (χ3v) is 6.93. The van der Waals surface area contributed by atoms with Crippen molar-refractivity contribution in [2.24, 2.45) is 11.3 Å². The zero-order valence-corrected chi connectivity index (χ0v) is 13.9. The molecule has 1 aliphatic heterocycles. The van der Waals surface area contributed by atoms with Crippen LogP contribution in [0.5, 0.6) is 0 Å². The van der Waals surface area contributed by atoms with Gasteiger partial charge in [0.05, 0.1) is 17.1 Å². The maximum Gasteiger partial charge on any atom is 0.335 e. The van der Waals surface area contributed by atoms with Crippen LogP contribution in [-0.2, 0) is 14.8 Å². The molecule has 1 aliphatic carbocycles. The molecule has 1 heterocycles. The number of sulfonamides is 1. The van der Waals surface area contributed by atoms with E-state index in [2.05, 4.69) is 0 Å². The van der Waals surface area contributed by atoms with Crippen LogP contribution in [0.2, 0.25) is 0 Å². The van der Waals surface area contributed by atoms with Gasteiger partial charge in [-0.05, 0) is 43.0 Å². The third kappa shape index (κ3) is 2.77. The van der Waals surface area contributed by atoms with Crippen LogP contribution in [0.15, 0.2) is 29.2 Å². The molecule has 6 nitrogen and oxygen atoms in total. The number of nitrogens with zero attached hydrogens (tertiary/aromatic N) is 1. The van der Waals surface area contributed by atoms with Crippen molar-refractivity contribution in [2.75, 3.05) is 26.8 Å². The lowest BCUT2D eigenvalue weighted by atomic mass is 9.62. The molecule has 0 aromatic heterocycles. The Morgan fingerprint density at radius 1 is 1.30 bits per heavy atom. The topological polar surface area (TPSA) is 83.9 Å². The van der Waals surface area contributed by atoms with Gasteiger partial charge in [0.2, 0.25) is 10.0 Å². The Labute approximate surface area is 136 Å². The molecule has 1 aromatic rings. The number of hydrogen-bond donors (Lipinski definition) is 1. The van der Waals surface area contributed by atoms with Gasteiger partial charge >= 0.3 is 5.97 Å². The van der Waals surface area contributed by atoms with Gasteiger partial charge in [-0.3, -0.25) is 0 Å². The van der Waals surface area contributed by atoms with Crippen molar-refractivity contribution < 1.29 is 23.1 Å². The summed E-state index contributed by atoms with van der Waals surface area (Å²) in [7, 11) is -1.91. The van der Waals surface area contributed by atoms with E-state index in [9.17, 15) is 13.2 Å². The molecular formula is C16H21NO5S. The first kappa shape index (κ1) is 16.4. The zero-order chi connectivity index (χ0) is 16.7. The molecular weight excluding hydrogens is 318 g/mol. The third-order valence-electron chi connectivity index (χ3n) is 5.12. The fourth-order valence-electron chi connectivity index (χ4n) is 3.52. The predicted octanol–water partition coefficient (Wildman–Crippen LogP) is 1.82. The average molecular weight is 339 g/mol. The van der Waals surface area contributed by atoms with Crippen LogP contribution in [0.1, 0.15) is 29.6 Å². The standard InChI is InChI=1S/C16H21NO5S/c1-22-11-16(13-3-2-4-13)9-17(10-16)23(20,21)14-7-5-12(6-8-14)15(18)19/h5-8,13H,2-4,9-11H2,1H3,(H,18,19). The monoisotopic (exact) mass is 339 g/mol. The summed E-state index contributed by atoms with van der Waals surface area (Å²) in [6, 6.07) is 5.36. The van der Waals surface area contributed by atoms with Crippen LogP contribution < -0.4 is 0 Å². The lowest BCUT2D eigenvalue weighted by molar-refractivity contribution is -0.0801. The van der Waals surface area contributed by atoms with Crippen molar-refractivity contribution in [3.8, 4) is 0 Å². The SMILES string of the molecule is COCC1(C2CCC2)CN(S(=O)(=O)c2ccc(C(=O)O)cc2)C1. The van der Waals surface area contributed by atoms with Crippen molar-refractivity contribution in [1.82, 2.24) is 4.31 Å². The maximum atomic E-state index is 12.7. The lowest BCUT2D eigenvalue weighted by Gasteiger charge is -2.55. The Morgan fingerprint density at radius 3 is 2.35 bits per heavy atom. The van der Waals surface area contributed by atoms with E-state index in [1.54, 1.807) is 7.11 Å². The van der Waals surface area contributed by atoms with Crippen molar-refractivity contribution >= 4 is 16.0 Å². The lowest BCUT2D eigenvalue weighted by Crippen LogP contribution is -2.64. The van der Waals surface area contributed by atoms with Gasteiger partial charge in [0.25, 0.3) is 0 Å². The second-order valence-electron chi connectivity index (χ2n) is 6.53. The second kappa shape index (κ2) is 5.89. The Kier molecular flexibility index (Phi) is 4.20. The maximum absolute atomic E-state index is 12.7. The molecule has 3 rings (SSSR count). The Balaban J connectivity index is 1.75. The van der Waals surface area contributed by atoms with Gasteiger partial charge in [0.1, 0.15) is 0 Å². The molecule has 7 heteroatoms. The minimum atomic E-state index is -3.57. The highest BCUT2D eigenvalue weighted by molar-refractivity contribution is 7.89. The first-order chi connectivity index (χ1) is 10.9. The molecule has 2 aliphatic rings. The largest absolute Gasteiger partial charge is 0.478 e. The van der Waals surface area contributed by atoms with E-state index in [-0.39, 0.29) is 15.9 Å². The summed E-state index contributed by atoms with van der Waals surface area (Å²) in [5.41, 5.74) is 0.0249. The average Bonchev–Trinajstić information content (AvgIpc) is 2.42. The van der Waals surface area contributed by atoms with Crippen LogP contribution in [0.25, 0.3) is 0 Å². The summed E-state index contributed by atoms with van der Waals surface area (Å²) in [6.07, 6.45) is 3.49. The Hall–Kier alpha value is -1.44. The summed E-state index contributed by atoms with van der Waals surface area (Å²) >= 11 is 0. The van der Waals surface area contributed by atoms with Crippen molar-refractivity contribution in [3.05, 3.63) is 29.8 Å². The molecule has 0 unspecified atom stereocenters. The molecule has 0 radical (unpaired) electrons. The predicted molar refractivity (Wildman–Crippen MR) is 83.8 cm³/mol. The summed E-state index contributed by atoms with van der Waals surface area (Å²) in [5, 5.41) is 8.89. The van der Waals surface area contributed by atoms with Gasteiger partial charge in [0, 0.05) is 25.6 Å². The molecule has 1 saturated heterocycles. The van der Waals surface area contributed by atoms with Gasteiger partial charge < -0.3 is 9.84 Å². The number of carbonyl (C=O) groups is 1. The fraction of sp³-hybridized carbons (Fsp3) is 0.562. The van der Waals surface area contributed by atoms with E-state index in [1.165, 1.54) is 35.0 Å². The highest BCUT2D eigenvalue weighted by Crippen LogP contribution is 2.49. The quantitative estimate of drug-likeness (QED) is 0.855. The fourth-order valence-corrected chi connectivity index (χ4v) is 5.15. The number of rotatable bonds is 6. The van der Waals surface area contributed by atoms with Crippen LogP contribution in [-0.4, -0.2) is 50.6 Å². The summed E-state index contributed by atoms with van der Waals surface area (Å²) in [6.45, 7) is 1.55. The van der Waals surface area contributed by atoms with E-state index in [1.807, 2.05) is 0 Å². The molecule has 2 fully saturated rings. The molecule has 1 N–H and O–H groups in total. The van der Waals surface area contributed by atoms with E-state index in [0.29, 0.717) is 25.6 Å². The number of carboxylic acids is 1. The van der Waals surface area contributed by atoms with Crippen LogP contribution >= 0.6 is 0 Å². The highest BCUT2D eigenvalue weighted by atomic mass is 32.2. The van der Waals surface area contributed by atoms with Crippen molar-refractivity contribution in [3.63, 3.8) is 0 Å². The molecule has 1 aromatic carbocycles. The van der Waals surface area contributed by atoms with E-state index >= 15 is 0 Å². The number of methoxy groups -OCH3 is 1. The number of carboxylic acid groups (broad SMARTS) is 1. The Morgan fingerprint density at radius 2 is 1.91 bits per heavy atom. The van der Waals surface area contributed by atoms with Crippen molar-refractivity contribution in [1.29, 1.82) is 0 Å². The van der Waals surface area contributed by atoms with E-state index in [4.69, 9.17) is 9.84 Å². The molecule has 126 valence electrons. The molecule has 1 saturated carbocycles. The first-order valence-corrected chi connectivity index (χ1v) is 9.15. The highest BCUT2D eigenvalue weighted by Gasteiger charge is 2.54. The van der Waals surface area contributed by atoms with E-state index in [0.717, 1.165) is 12.8 Å². The first-order valence-electron chi connectivity index (χ1n) is 7.71. The van der Waals surface area contributed by atoms with Gasteiger partial charge in [-0.15, -0.1) is 0 Å². The van der Waals surface area contributed by atoms with Crippen molar-refractivity contribution in [2.45, 2.75) is 24.2 Å². The molecule has 0 atom stereocenters. The minimum Gasteiger partial charge on any atom is -0.478 e. The molecule has 23 heavy (non-hydrogen) atoms. The summed E-state index contributed by atoms with van der Waals surface area (Å²) < 4.78 is 32.1. The zero-order valence-electron chi connectivity index (χ0n) is 13.1. The number of benzene rings is 1. The van der Waals surface area contributed by atoms with Crippen LogP contribution in [0.3, 0.4) is 0 Å². The van der Waals surface area contributed by atoms with Gasteiger partial charge in [-0.25, -0.2) is 13.2 Å². The minimum absolute atomic E-state index is 0.0545. The van der Waals surface area contributed by atoms with Gasteiger partial charge in [0.15, 0.2) is 0 Å². The molecule has 0 spiro atoms. The van der Waals surface area contributed by atoms with Crippen LogP contribution in [0, 0.1) is 11.3 Å².